The van der Waals surface area contributed by atoms with Crippen LogP contribution in [-0.2, 0) is 6.54 Å². The lowest BCUT2D eigenvalue weighted by Crippen LogP contribution is -2.44. The highest BCUT2D eigenvalue weighted by Gasteiger charge is 2.08. The number of methoxy groups -OCH3 is 1. The van der Waals surface area contributed by atoms with E-state index in [-0.39, 0.29) is 0 Å². The minimum Gasteiger partial charge on any atom is -0.481 e. The first kappa shape index (κ1) is 16.3. The first-order valence-corrected chi connectivity index (χ1v) is 7.11. The lowest BCUT2D eigenvalue weighted by Gasteiger charge is -2.20. The van der Waals surface area contributed by atoms with Crippen molar-refractivity contribution in [2.75, 3.05) is 13.7 Å². The summed E-state index contributed by atoms with van der Waals surface area (Å²) in [6.45, 7) is 9.94. The molecule has 0 aliphatic rings. The summed E-state index contributed by atoms with van der Waals surface area (Å²) < 4.78 is 5.11. The number of hydrogen-bond acceptors (Lipinski definition) is 3. The molecular formula is C15H26N4O. The molecule has 1 heterocycles. The van der Waals surface area contributed by atoms with Crippen molar-refractivity contribution >= 4 is 5.96 Å². The molecule has 0 saturated heterocycles. The third-order valence-corrected chi connectivity index (χ3v) is 3.10. The summed E-state index contributed by atoms with van der Waals surface area (Å²) in [5.74, 6) is 1.98. The van der Waals surface area contributed by atoms with Crippen molar-refractivity contribution in [3.63, 3.8) is 0 Å². The van der Waals surface area contributed by atoms with Crippen molar-refractivity contribution < 1.29 is 4.74 Å². The van der Waals surface area contributed by atoms with Crippen molar-refractivity contribution in [3.05, 3.63) is 23.9 Å². The van der Waals surface area contributed by atoms with Crippen LogP contribution in [0, 0.1) is 5.92 Å². The van der Waals surface area contributed by atoms with Gasteiger partial charge in [-0.3, -0.25) is 0 Å². The Morgan fingerprint density at radius 2 is 2.10 bits per heavy atom. The number of rotatable bonds is 6. The van der Waals surface area contributed by atoms with Crippen molar-refractivity contribution in [2.24, 2.45) is 10.9 Å². The Bertz CT molecular complexity index is 432. The van der Waals surface area contributed by atoms with Gasteiger partial charge in [0.15, 0.2) is 5.96 Å². The molecule has 2 N–H and O–H groups in total. The maximum absolute atomic E-state index is 5.11. The predicted octanol–water partition coefficient (Wildman–Crippen LogP) is 2.19. The van der Waals surface area contributed by atoms with Crippen LogP contribution < -0.4 is 15.4 Å². The molecule has 0 amide bonds. The van der Waals surface area contributed by atoms with Crippen molar-refractivity contribution in [1.29, 1.82) is 0 Å². The van der Waals surface area contributed by atoms with Gasteiger partial charge < -0.3 is 15.4 Å². The summed E-state index contributed by atoms with van der Waals surface area (Å²) in [6, 6.07) is 6.07. The first-order valence-electron chi connectivity index (χ1n) is 7.11. The molecule has 0 saturated carbocycles. The third kappa shape index (κ3) is 5.47. The zero-order valence-electron chi connectivity index (χ0n) is 13.1. The Morgan fingerprint density at radius 3 is 2.70 bits per heavy atom. The van der Waals surface area contributed by atoms with Gasteiger partial charge in [0.1, 0.15) is 0 Å². The van der Waals surface area contributed by atoms with Gasteiger partial charge in [0.05, 0.1) is 19.3 Å². The second-order valence-corrected chi connectivity index (χ2v) is 5.04. The summed E-state index contributed by atoms with van der Waals surface area (Å²) in [4.78, 5) is 8.91. The molecule has 1 unspecified atom stereocenters. The Morgan fingerprint density at radius 1 is 1.35 bits per heavy atom. The first-order chi connectivity index (χ1) is 9.56. The number of guanidine groups is 1. The molecule has 112 valence electrons. The number of nitrogens with one attached hydrogen (secondary N) is 2. The fourth-order valence-corrected chi connectivity index (χ4v) is 1.52. The molecule has 0 fully saturated rings. The molecule has 1 rings (SSSR count). The van der Waals surface area contributed by atoms with E-state index in [1.54, 1.807) is 7.11 Å². The fourth-order valence-electron chi connectivity index (χ4n) is 1.52. The molecule has 0 aliphatic carbocycles. The Hall–Kier alpha value is -1.78. The van der Waals surface area contributed by atoms with Gasteiger partial charge in [-0.15, -0.1) is 0 Å². The predicted molar refractivity (Wildman–Crippen MR) is 83.0 cm³/mol. The molecule has 0 bridgehead atoms. The average Bonchev–Trinajstić information content (AvgIpc) is 2.45. The van der Waals surface area contributed by atoms with Gasteiger partial charge in [-0.2, -0.15) is 0 Å². The van der Waals surface area contributed by atoms with Gasteiger partial charge >= 0.3 is 0 Å². The van der Waals surface area contributed by atoms with E-state index in [0.717, 1.165) is 18.2 Å². The number of hydrogen-bond donors (Lipinski definition) is 2. The van der Waals surface area contributed by atoms with Crippen LogP contribution in [0.3, 0.4) is 0 Å². The van der Waals surface area contributed by atoms with E-state index < -0.39 is 0 Å². The van der Waals surface area contributed by atoms with Crippen LogP contribution in [0.15, 0.2) is 23.2 Å². The summed E-state index contributed by atoms with van der Waals surface area (Å²) in [5, 5.41) is 6.64. The van der Waals surface area contributed by atoms with Crippen molar-refractivity contribution in [3.8, 4) is 5.88 Å². The molecule has 1 aromatic rings. The molecule has 5 heteroatoms. The summed E-state index contributed by atoms with van der Waals surface area (Å²) >= 11 is 0. The minimum absolute atomic E-state index is 0.367. The lowest BCUT2D eigenvalue weighted by molar-refractivity contribution is 0.396. The minimum atomic E-state index is 0.367. The zero-order chi connectivity index (χ0) is 15.0. The summed E-state index contributed by atoms with van der Waals surface area (Å²) in [5.41, 5.74) is 0.888. The number of ether oxygens (including phenoxy) is 1. The Balaban J connectivity index is 2.70. The molecule has 0 spiro atoms. The van der Waals surface area contributed by atoms with Crippen LogP contribution in [0.5, 0.6) is 5.88 Å². The van der Waals surface area contributed by atoms with E-state index in [1.807, 2.05) is 18.2 Å². The van der Waals surface area contributed by atoms with E-state index >= 15 is 0 Å². The van der Waals surface area contributed by atoms with E-state index in [2.05, 4.69) is 48.3 Å². The monoisotopic (exact) mass is 278 g/mol. The molecule has 1 aromatic heterocycles. The van der Waals surface area contributed by atoms with Crippen LogP contribution in [0.1, 0.15) is 33.4 Å². The Labute approximate surface area is 121 Å². The highest BCUT2D eigenvalue weighted by Crippen LogP contribution is 2.07. The van der Waals surface area contributed by atoms with Crippen molar-refractivity contribution in [1.82, 2.24) is 15.6 Å². The van der Waals surface area contributed by atoms with Crippen LogP contribution in [0.25, 0.3) is 0 Å². The largest absolute Gasteiger partial charge is 0.481 e. The SMILES string of the molecule is CCNC(=NCc1cccc(OC)n1)NC(C)C(C)C. The van der Waals surface area contributed by atoms with Crippen molar-refractivity contribution in [2.45, 2.75) is 40.3 Å². The number of nitrogens with zero attached hydrogens (tertiary/aromatic N) is 2. The van der Waals surface area contributed by atoms with Crippen LogP contribution >= 0.6 is 0 Å². The Kier molecular flexibility index (Phi) is 6.84. The number of pyridine rings is 1. The molecule has 5 nitrogen and oxygen atoms in total. The van der Waals surface area contributed by atoms with Gasteiger partial charge in [0.2, 0.25) is 5.88 Å². The van der Waals surface area contributed by atoms with Crippen LogP contribution in [0.2, 0.25) is 0 Å². The van der Waals surface area contributed by atoms with Crippen LogP contribution in [0.4, 0.5) is 0 Å². The number of aliphatic imine (C=N–C) groups is 1. The van der Waals surface area contributed by atoms with E-state index in [1.165, 1.54) is 0 Å². The lowest BCUT2D eigenvalue weighted by atomic mass is 10.1. The maximum atomic E-state index is 5.11. The highest BCUT2D eigenvalue weighted by molar-refractivity contribution is 5.80. The molecule has 0 radical (unpaired) electrons. The molecule has 20 heavy (non-hydrogen) atoms. The number of aromatic nitrogens is 1. The second kappa shape index (κ2) is 8.40. The molecule has 0 aliphatic heterocycles. The topological polar surface area (TPSA) is 58.5 Å². The second-order valence-electron chi connectivity index (χ2n) is 5.04. The van der Waals surface area contributed by atoms with E-state index in [0.29, 0.717) is 24.4 Å². The summed E-state index contributed by atoms with van der Waals surface area (Å²) in [6.07, 6.45) is 0. The average molecular weight is 278 g/mol. The molecular weight excluding hydrogens is 252 g/mol. The van der Waals surface area contributed by atoms with E-state index in [9.17, 15) is 0 Å². The zero-order valence-corrected chi connectivity index (χ0v) is 13.1. The maximum Gasteiger partial charge on any atom is 0.213 e. The van der Waals surface area contributed by atoms with Gasteiger partial charge in [-0.1, -0.05) is 19.9 Å². The van der Waals surface area contributed by atoms with Gasteiger partial charge in [-0.05, 0) is 25.8 Å². The van der Waals surface area contributed by atoms with E-state index in [4.69, 9.17) is 4.74 Å². The van der Waals surface area contributed by atoms with Gasteiger partial charge in [0.25, 0.3) is 0 Å². The standard InChI is InChI=1S/C15H26N4O/c1-6-16-15(18-12(4)11(2)3)17-10-13-8-7-9-14(19-13)20-5/h7-9,11-12H,6,10H2,1-5H3,(H2,16,17,18). The molecule has 0 aromatic carbocycles. The quantitative estimate of drug-likeness (QED) is 0.618. The van der Waals surface area contributed by atoms with Crippen LogP contribution in [-0.4, -0.2) is 30.6 Å². The van der Waals surface area contributed by atoms with Gasteiger partial charge in [0, 0.05) is 18.7 Å². The highest BCUT2D eigenvalue weighted by atomic mass is 16.5. The summed E-state index contributed by atoms with van der Waals surface area (Å²) in [7, 11) is 1.62. The third-order valence-electron chi connectivity index (χ3n) is 3.10. The fraction of sp³-hybridized carbons (Fsp3) is 0.600. The molecule has 1 atom stereocenters. The van der Waals surface area contributed by atoms with Gasteiger partial charge in [-0.25, -0.2) is 9.98 Å². The smallest absolute Gasteiger partial charge is 0.213 e. The normalized spacial score (nSPS) is 13.2.